The van der Waals surface area contributed by atoms with Gasteiger partial charge in [-0.1, -0.05) is 26.8 Å². The highest BCUT2D eigenvalue weighted by Gasteiger charge is 2.29. The van der Waals surface area contributed by atoms with Crippen LogP contribution >= 0.6 is 0 Å². The van der Waals surface area contributed by atoms with Crippen molar-refractivity contribution in [1.29, 1.82) is 0 Å². The Morgan fingerprint density at radius 2 is 1.83 bits per heavy atom. The minimum Gasteiger partial charge on any atom is -0.478 e. The molecule has 0 bridgehead atoms. The van der Waals surface area contributed by atoms with Gasteiger partial charge in [-0.25, -0.2) is 9.78 Å². The number of hydrogen-bond donors (Lipinski definition) is 2. The van der Waals surface area contributed by atoms with Gasteiger partial charge in [0.15, 0.2) is 0 Å². The predicted octanol–water partition coefficient (Wildman–Crippen LogP) is 4.95. The number of hydrogen-bond acceptors (Lipinski definition) is 3. The lowest BCUT2D eigenvalue weighted by atomic mass is 9.71. The number of pyridine rings is 1. The number of nitrogens with one attached hydrogen (secondary N) is 1. The Morgan fingerprint density at radius 1 is 1.12 bits per heavy atom. The summed E-state index contributed by atoms with van der Waals surface area (Å²) in [7, 11) is 0. The molecule has 4 nitrogen and oxygen atoms in total. The summed E-state index contributed by atoms with van der Waals surface area (Å²) in [5.74, 6) is 0.728. The fourth-order valence-corrected chi connectivity index (χ4v) is 3.67. The van der Waals surface area contributed by atoms with E-state index in [-0.39, 0.29) is 0 Å². The summed E-state index contributed by atoms with van der Waals surface area (Å²) in [5.41, 5.74) is 0.699. The van der Waals surface area contributed by atoms with Crippen molar-refractivity contribution < 1.29 is 9.90 Å². The van der Waals surface area contributed by atoms with Crippen LogP contribution in [-0.2, 0) is 0 Å². The van der Waals surface area contributed by atoms with Crippen LogP contribution in [0.25, 0.3) is 10.8 Å². The maximum Gasteiger partial charge on any atom is 0.335 e. The Hall–Kier alpha value is -2.10. The number of aromatic nitrogens is 1. The van der Waals surface area contributed by atoms with Crippen LogP contribution < -0.4 is 5.32 Å². The molecule has 2 aromatic rings. The van der Waals surface area contributed by atoms with E-state index in [9.17, 15) is 4.79 Å². The number of anilines is 1. The molecular formula is C20H26N2O2. The predicted molar refractivity (Wildman–Crippen MR) is 97.5 cm³/mol. The van der Waals surface area contributed by atoms with Crippen LogP contribution in [0.1, 0.15) is 56.8 Å². The van der Waals surface area contributed by atoms with Crippen molar-refractivity contribution in [2.24, 2.45) is 11.3 Å². The Bertz CT molecular complexity index is 741. The molecule has 3 rings (SSSR count). The third-order valence-electron chi connectivity index (χ3n) is 5.27. The van der Waals surface area contributed by atoms with Gasteiger partial charge in [0.05, 0.1) is 5.56 Å². The smallest absolute Gasteiger partial charge is 0.335 e. The summed E-state index contributed by atoms with van der Waals surface area (Å²) in [6, 6.07) is 7.55. The first kappa shape index (κ1) is 16.7. The number of fused-ring (bicyclic) bond motifs is 1. The molecule has 0 amide bonds. The number of carboxylic acids is 1. The van der Waals surface area contributed by atoms with Gasteiger partial charge in [-0.3, -0.25) is 0 Å². The van der Waals surface area contributed by atoms with Gasteiger partial charge in [0.2, 0.25) is 0 Å². The molecule has 2 N–H and O–H groups in total. The zero-order valence-electron chi connectivity index (χ0n) is 14.7. The molecule has 1 aliphatic carbocycles. The van der Waals surface area contributed by atoms with Crippen molar-refractivity contribution in [2.75, 3.05) is 5.32 Å². The van der Waals surface area contributed by atoms with Crippen molar-refractivity contribution >= 4 is 22.6 Å². The molecule has 1 fully saturated rings. The second-order valence-electron chi connectivity index (χ2n) is 8.00. The van der Waals surface area contributed by atoms with Crippen LogP contribution in [0.4, 0.5) is 5.82 Å². The van der Waals surface area contributed by atoms with Gasteiger partial charge in [-0.05, 0) is 60.6 Å². The lowest BCUT2D eigenvalue weighted by Gasteiger charge is -2.37. The van der Waals surface area contributed by atoms with E-state index in [4.69, 9.17) is 5.11 Å². The fraction of sp³-hybridized carbons (Fsp3) is 0.500. The highest BCUT2D eigenvalue weighted by atomic mass is 16.4. The van der Waals surface area contributed by atoms with E-state index in [0.717, 1.165) is 35.3 Å². The Morgan fingerprint density at radius 3 is 2.46 bits per heavy atom. The van der Waals surface area contributed by atoms with Crippen LogP contribution in [0.15, 0.2) is 30.5 Å². The van der Waals surface area contributed by atoms with Crippen molar-refractivity contribution in [1.82, 2.24) is 4.98 Å². The second kappa shape index (κ2) is 6.42. The van der Waals surface area contributed by atoms with Crippen LogP contribution in [0.3, 0.4) is 0 Å². The van der Waals surface area contributed by atoms with Gasteiger partial charge in [0.25, 0.3) is 0 Å². The van der Waals surface area contributed by atoms with Gasteiger partial charge in [0.1, 0.15) is 5.82 Å². The fourth-order valence-electron chi connectivity index (χ4n) is 3.67. The van der Waals surface area contributed by atoms with Crippen molar-refractivity contribution in [3.8, 4) is 0 Å². The molecule has 0 aliphatic heterocycles. The minimum atomic E-state index is -0.899. The molecule has 1 aliphatic rings. The summed E-state index contributed by atoms with van der Waals surface area (Å²) in [4.78, 5) is 15.6. The molecule has 1 aromatic heterocycles. The lowest BCUT2D eigenvalue weighted by molar-refractivity contribution is 0.0697. The van der Waals surface area contributed by atoms with E-state index in [2.05, 4.69) is 31.1 Å². The quantitative estimate of drug-likeness (QED) is 0.837. The van der Waals surface area contributed by atoms with Gasteiger partial charge >= 0.3 is 5.97 Å². The normalized spacial score (nSPS) is 21.6. The van der Waals surface area contributed by atoms with Gasteiger partial charge in [-0.2, -0.15) is 0 Å². The second-order valence-corrected chi connectivity index (χ2v) is 8.00. The summed E-state index contributed by atoms with van der Waals surface area (Å²) in [6.07, 6.45) is 6.63. The van der Waals surface area contributed by atoms with Gasteiger partial charge in [-0.15, -0.1) is 0 Å². The van der Waals surface area contributed by atoms with Crippen LogP contribution in [0.5, 0.6) is 0 Å². The molecule has 1 aromatic carbocycles. The number of rotatable bonds is 3. The third kappa shape index (κ3) is 3.69. The van der Waals surface area contributed by atoms with E-state index < -0.39 is 5.97 Å². The molecule has 4 heteroatoms. The van der Waals surface area contributed by atoms with Crippen molar-refractivity contribution in [2.45, 2.75) is 52.5 Å². The van der Waals surface area contributed by atoms with Crippen molar-refractivity contribution in [3.63, 3.8) is 0 Å². The van der Waals surface area contributed by atoms with E-state index >= 15 is 0 Å². The van der Waals surface area contributed by atoms with E-state index in [1.54, 1.807) is 12.1 Å². The molecule has 128 valence electrons. The maximum absolute atomic E-state index is 11.1. The number of carbonyl (C=O) groups is 1. The highest BCUT2D eigenvalue weighted by molar-refractivity contribution is 5.94. The van der Waals surface area contributed by atoms with Crippen LogP contribution in [0.2, 0.25) is 0 Å². The minimum absolute atomic E-state index is 0.310. The topological polar surface area (TPSA) is 62.2 Å². The molecule has 1 saturated carbocycles. The average molecular weight is 326 g/mol. The SMILES string of the molecule is CC(C)(C)C1CCC(Nc2cc3cc(C(=O)O)ccc3cn2)CC1. The summed E-state index contributed by atoms with van der Waals surface area (Å²) < 4.78 is 0. The zero-order chi connectivity index (χ0) is 17.3. The largest absolute Gasteiger partial charge is 0.478 e. The average Bonchev–Trinajstić information content (AvgIpc) is 2.54. The molecule has 0 radical (unpaired) electrons. The van der Waals surface area contributed by atoms with Crippen LogP contribution in [0, 0.1) is 11.3 Å². The van der Waals surface area contributed by atoms with E-state index in [0.29, 0.717) is 17.0 Å². The molecule has 0 saturated heterocycles. The third-order valence-corrected chi connectivity index (χ3v) is 5.27. The van der Waals surface area contributed by atoms with Crippen LogP contribution in [-0.4, -0.2) is 22.1 Å². The molecule has 0 unspecified atom stereocenters. The zero-order valence-corrected chi connectivity index (χ0v) is 14.7. The monoisotopic (exact) mass is 326 g/mol. The first-order chi connectivity index (χ1) is 11.3. The highest BCUT2D eigenvalue weighted by Crippen LogP contribution is 2.38. The summed E-state index contributed by atoms with van der Waals surface area (Å²) >= 11 is 0. The number of benzene rings is 1. The number of carboxylic acid groups (broad SMARTS) is 1. The van der Waals surface area contributed by atoms with Gasteiger partial charge in [0, 0.05) is 17.6 Å². The lowest BCUT2D eigenvalue weighted by Crippen LogP contribution is -2.31. The van der Waals surface area contributed by atoms with E-state index in [1.165, 1.54) is 12.8 Å². The molecule has 24 heavy (non-hydrogen) atoms. The first-order valence-corrected chi connectivity index (χ1v) is 8.72. The Labute approximate surface area is 143 Å². The molecule has 0 spiro atoms. The Balaban J connectivity index is 1.71. The number of aromatic carboxylic acids is 1. The standard InChI is InChI=1S/C20H26N2O2/c1-20(2,3)16-6-8-17(9-7-16)22-18-11-15-10-13(19(23)24)4-5-14(15)12-21-18/h4-5,10-12,16-17H,6-9H2,1-3H3,(H,21,22)(H,23,24). The summed E-state index contributed by atoms with van der Waals surface area (Å²) in [5, 5.41) is 14.5. The summed E-state index contributed by atoms with van der Waals surface area (Å²) in [6.45, 7) is 6.99. The Kier molecular flexibility index (Phi) is 4.48. The van der Waals surface area contributed by atoms with Crippen molar-refractivity contribution in [3.05, 3.63) is 36.0 Å². The number of nitrogens with zero attached hydrogens (tertiary/aromatic N) is 1. The maximum atomic E-state index is 11.1. The molecular weight excluding hydrogens is 300 g/mol. The van der Waals surface area contributed by atoms with Gasteiger partial charge < -0.3 is 10.4 Å². The van der Waals surface area contributed by atoms with E-state index in [1.807, 2.05) is 18.3 Å². The molecule has 1 heterocycles. The molecule has 0 atom stereocenters. The first-order valence-electron chi connectivity index (χ1n) is 8.72.